The minimum atomic E-state index is -0.619. The second-order valence-corrected chi connectivity index (χ2v) is 8.91. The number of urea groups is 1. The van der Waals surface area contributed by atoms with Gasteiger partial charge in [0, 0.05) is 18.3 Å². The number of carboxylic acid groups (broad SMARTS) is 1. The van der Waals surface area contributed by atoms with Crippen LogP contribution in [0.4, 0.5) is 10.5 Å². The normalized spacial score (nSPS) is 37.3. The third kappa shape index (κ3) is 2.36. The predicted molar refractivity (Wildman–Crippen MR) is 98.1 cm³/mol. The van der Waals surface area contributed by atoms with Crippen molar-refractivity contribution >= 4 is 17.7 Å². The minimum Gasteiger partial charge on any atom is -0.481 e. The van der Waals surface area contributed by atoms with Gasteiger partial charge < -0.3 is 10.4 Å². The molecule has 6 rings (SSSR count). The zero-order valence-electron chi connectivity index (χ0n) is 15.0. The number of nitrogens with one attached hydrogen (secondary N) is 1. The van der Waals surface area contributed by atoms with E-state index in [0.717, 1.165) is 57.2 Å². The van der Waals surface area contributed by atoms with Crippen molar-refractivity contribution in [2.75, 3.05) is 11.4 Å². The van der Waals surface area contributed by atoms with Crippen LogP contribution in [0.1, 0.15) is 44.1 Å². The van der Waals surface area contributed by atoms with Crippen molar-refractivity contribution in [3.05, 3.63) is 29.8 Å². The summed E-state index contributed by atoms with van der Waals surface area (Å²) in [5, 5.41) is 13.1. The molecule has 26 heavy (non-hydrogen) atoms. The topological polar surface area (TPSA) is 69.6 Å². The Labute approximate surface area is 153 Å². The van der Waals surface area contributed by atoms with Gasteiger partial charge in [0.2, 0.25) is 0 Å². The van der Waals surface area contributed by atoms with Crippen molar-refractivity contribution in [1.82, 2.24) is 5.32 Å². The number of hydrogen-bond donors (Lipinski definition) is 2. The fraction of sp³-hybridized carbons (Fsp3) is 0.619. The van der Waals surface area contributed by atoms with E-state index in [0.29, 0.717) is 17.8 Å². The van der Waals surface area contributed by atoms with Gasteiger partial charge in [0.1, 0.15) is 0 Å². The van der Waals surface area contributed by atoms with Crippen molar-refractivity contribution in [1.29, 1.82) is 0 Å². The average Bonchev–Trinajstić information content (AvgIpc) is 2.63. The number of amides is 2. The molecular weight excluding hydrogens is 328 g/mol. The highest BCUT2D eigenvalue weighted by Gasteiger charge is 2.59. The number of rotatable bonds is 2. The molecule has 4 saturated carbocycles. The van der Waals surface area contributed by atoms with Crippen LogP contribution in [-0.2, 0) is 11.2 Å². The first-order chi connectivity index (χ1) is 12.6. The zero-order chi connectivity index (χ0) is 17.9. The number of benzene rings is 1. The van der Waals surface area contributed by atoms with Gasteiger partial charge in [-0.3, -0.25) is 9.69 Å². The Balaban J connectivity index is 1.35. The maximum atomic E-state index is 13.1. The second kappa shape index (κ2) is 5.73. The summed E-state index contributed by atoms with van der Waals surface area (Å²) in [6.45, 7) is 0.757. The smallest absolute Gasteiger partial charge is 0.322 e. The Morgan fingerprint density at radius 2 is 1.85 bits per heavy atom. The molecule has 1 aliphatic heterocycles. The van der Waals surface area contributed by atoms with Crippen molar-refractivity contribution in [2.45, 2.75) is 51.0 Å². The Morgan fingerprint density at radius 3 is 2.58 bits per heavy atom. The maximum Gasteiger partial charge on any atom is 0.322 e. The highest BCUT2D eigenvalue weighted by Crippen LogP contribution is 2.60. The van der Waals surface area contributed by atoms with Gasteiger partial charge in [0.25, 0.3) is 0 Å². The van der Waals surface area contributed by atoms with Crippen molar-refractivity contribution in [2.24, 2.45) is 23.2 Å². The van der Waals surface area contributed by atoms with Crippen LogP contribution >= 0.6 is 0 Å². The highest BCUT2D eigenvalue weighted by molar-refractivity contribution is 5.93. The second-order valence-electron chi connectivity index (χ2n) is 8.91. The first kappa shape index (κ1) is 16.2. The Morgan fingerprint density at radius 1 is 1.12 bits per heavy atom. The molecule has 0 aromatic heterocycles. The molecule has 2 N–H and O–H groups in total. The van der Waals surface area contributed by atoms with Gasteiger partial charge in [0.15, 0.2) is 0 Å². The summed E-state index contributed by atoms with van der Waals surface area (Å²) in [5.74, 6) is 0.557. The lowest BCUT2D eigenvalue weighted by Crippen LogP contribution is -2.62. The number of carbonyl (C=O) groups excluding carboxylic acids is 1. The first-order valence-electron chi connectivity index (χ1n) is 9.95. The number of carbonyl (C=O) groups is 2. The maximum absolute atomic E-state index is 13.1. The van der Waals surface area contributed by atoms with E-state index in [9.17, 15) is 14.7 Å². The fourth-order valence-corrected chi connectivity index (χ4v) is 6.49. The molecule has 4 fully saturated rings. The van der Waals surface area contributed by atoms with Gasteiger partial charge in [-0.1, -0.05) is 18.2 Å². The van der Waals surface area contributed by atoms with E-state index in [2.05, 4.69) is 11.4 Å². The Bertz CT molecular complexity index is 745. The molecule has 4 aliphatic carbocycles. The molecule has 5 aliphatic rings. The van der Waals surface area contributed by atoms with Gasteiger partial charge >= 0.3 is 12.0 Å². The van der Waals surface area contributed by atoms with E-state index < -0.39 is 11.4 Å². The molecule has 0 spiro atoms. The fourth-order valence-electron chi connectivity index (χ4n) is 6.49. The molecule has 5 nitrogen and oxygen atoms in total. The number of fused-ring (bicyclic) bond motifs is 1. The zero-order valence-corrected chi connectivity index (χ0v) is 15.0. The molecule has 0 radical (unpaired) electrons. The molecule has 2 atom stereocenters. The number of anilines is 1. The SMILES string of the molecule is O=C(NC1C2CC3CC1CC(C(=O)O)(C3)C2)N1CCCc2ccccc21. The van der Waals surface area contributed by atoms with E-state index in [-0.39, 0.29) is 12.1 Å². The van der Waals surface area contributed by atoms with Crippen LogP contribution in [-0.4, -0.2) is 29.7 Å². The van der Waals surface area contributed by atoms with E-state index in [1.165, 1.54) is 5.56 Å². The molecule has 1 aromatic rings. The lowest BCUT2D eigenvalue weighted by atomic mass is 9.48. The Kier molecular flexibility index (Phi) is 3.56. The standard InChI is InChI=1S/C21H26N2O3/c24-19(25)21-10-13-8-15(11-21)18(16(9-13)12-21)22-20(26)23-7-3-5-14-4-1-2-6-17(14)23/h1-2,4,6,13,15-16,18H,3,5,7-12H2,(H,22,26)(H,24,25). The predicted octanol–water partition coefficient (Wildman–Crippen LogP) is 3.43. The van der Waals surface area contributed by atoms with Crippen LogP contribution in [0.15, 0.2) is 24.3 Å². The first-order valence-corrected chi connectivity index (χ1v) is 9.95. The summed E-state index contributed by atoms with van der Waals surface area (Å²) in [5.41, 5.74) is 1.75. The van der Waals surface area contributed by atoms with Crippen LogP contribution in [0, 0.1) is 23.2 Å². The lowest BCUT2D eigenvalue weighted by molar-refractivity contribution is -0.166. The minimum absolute atomic E-state index is 0.000927. The summed E-state index contributed by atoms with van der Waals surface area (Å²) >= 11 is 0. The van der Waals surface area contributed by atoms with Gasteiger partial charge in [0.05, 0.1) is 5.41 Å². The summed E-state index contributed by atoms with van der Waals surface area (Å²) < 4.78 is 0. The number of aliphatic carboxylic acids is 1. The number of para-hydroxylation sites is 1. The third-order valence-electron chi connectivity index (χ3n) is 7.37. The molecule has 1 aromatic carbocycles. The van der Waals surface area contributed by atoms with Crippen LogP contribution in [0.5, 0.6) is 0 Å². The summed E-state index contributed by atoms with van der Waals surface area (Å²) in [4.78, 5) is 26.8. The summed E-state index contributed by atoms with van der Waals surface area (Å²) in [6, 6.07) is 8.30. The molecule has 2 unspecified atom stereocenters. The molecule has 1 heterocycles. The Hall–Kier alpha value is -2.04. The van der Waals surface area contributed by atoms with Crippen molar-refractivity contribution < 1.29 is 14.7 Å². The highest BCUT2D eigenvalue weighted by atomic mass is 16.4. The number of hydrogen-bond acceptors (Lipinski definition) is 2. The van der Waals surface area contributed by atoms with Crippen molar-refractivity contribution in [3.63, 3.8) is 0 Å². The van der Waals surface area contributed by atoms with Gasteiger partial charge in [-0.05, 0) is 74.3 Å². The molecule has 138 valence electrons. The van der Waals surface area contributed by atoms with Crippen LogP contribution in [0.3, 0.4) is 0 Å². The monoisotopic (exact) mass is 354 g/mol. The molecule has 4 bridgehead atoms. The van der Waals surface area contributed by atoms with E-state index in [1.54, 1.807) is 0 Å². The van der Waals surface area contributed by atoms with E-state index in [4.69, 9.17) is 0 Å². The number of carboxylic acids is 1. The lowest BCUT2D eigenvalue weighted by Gasteiger charge is -2.58. The third-order valence-corrected chi connectivity index (χ3v) is 7.37. The summed E-state index contributed by atoms with van der Waals surface area (Å²) in [7, 11) is 0. The van der Waals surface area contributed by atoms with Crippen molar-refractivity contribution in [3.8, 4) is 0 Å². The van der Waals surface area contributed by atoms with Gasteiger partial charge in [-0.15, -0.1) is 0 Å². The van der Waals surface area contributed by atoms with Crippen LogP contribution < -0.4 is 10.2 Å². The molecule has 5 heteroatoms. The number of aryl methyl sites for hydroxylation is 1. The molecular formula is C21H26N2O3. The molecule has 2 amide bonds. The van der Waals surface area contributed by atoms with Crippen LogP contribution in [0.2, 0.25) is 0 Å². The molecule has 0 saturated heterocycles. The van der Waals surface area contributed by atoms with Gasteiger partial charge in [-0.25, -0.2) is 4.79 Å². The quantitative estimate of drug-likeness (QED) is 0.855. The van der Waals surface area contributed by atoms with E-state index in [1.807, 2.05) is 23.1 Å². The largest absolute Gasteiger partial charge is 0.481 e. The average molecular weight is 354 g/mol. The number of nitrogens with zero attached hydrogens (tertiary/aromatic N) is 1. The van der Waals surface area contributed by atoms with Gasteiger partial charge in [-0.2, -0.15) is 0 Å². The summed E-state index contributed by atoms with van der Waals surface area (Å²) in [6.07, 6.45) is 6.48. The van der Waals surface area contributed by atoms with Crippen LogP contribution in [0.25, 0.3) is 0 Å². The van der Waals surface area contributed by atoms with E-state index >= 15 is 0 Å².